The van der Waals surface area contributed by atoms with Gasteiger partial charge in [-0.2, -0.15) is 0 Å². The minimum absolute atomic E-state index is 0.0893. The van der Waals surface area contributed by atoms with Crippen LogP contribution in [-0.4, -0.2) is 39.5 Å². The van der Waals surface area contributed by atoms with Crippen LogP contribution in [0.15, 0.2) is 56.7 Å². The van der Waals surface area contributed by atoms with Crippen molar-refractivity contribution in [1.29, 1.82) is 0 Å². The van der Waals surface area contributed by atoms with Crippen molar-refractivity contribution in [1.82, 2.24) is 14.8 Å². The summed E-state index contributed by atoms with van der Waals surface area (Å²) in [5.41, 5.74) is 2.00. The number of rotatable bonds is 7. The van der Waals surface area contributed by atoms with E-state index in [0.717, 1.165) is 16.0 Å². The Morgan fingerprint density at radius 3 is 2.64 bits per heavy atom. The fourth-order valence-corrected chi connectivity index (χ4v) is 5.36. The van der Waals surface area contributed by atoms with Crippen LogP contribution in [0.2, 0.25) is 0 Å². The number of aromatic nitrogens is 3. The highest BCUT2D eigenvalue weighted by atomic mass is 79.9. The zero-order valence-corrected chi connectivity index (χ0v) is 21.1. The number of furan rings is 1. The van der Waals surface area contributed by atoms with Crippen molar-refractivity contribution < 1.29 is 18.7 Å². The van der Waals surface area contributed by atoms with E-state index in [1.54, 1.807) is 23.7 Å². The van der Waals surface area contributed by atoms with Gasteiger partial charge in [-0.25, -0.2) is 4.79 Å². The molecule has 33 heavy (non-hydrogen) atoms. The normalized spacial score (nSPS) is 10.9. The molecule has 3 aromatic heterocycles. The topological polar surface area (TPSA) is 99.2 Å². The predicted molar refractivity (Wildman–Crippen MR) is 132 cm³/mol. The third kappa shape index (κ3) is 4.90. The molecule has 1 amide bonds. The lowest BCUT2D eigenvalue weighted by molar-refractivity contribution is -0.113. The summed E-state index contributed by atoms with van der Waals surface area (Å²) in [5, 5.41) is 12.2. The van der Waals surface area contributed by atoms with Gasteiger partial charge in [-0.15, -0.1) is 21.5 Å². The number of anilines is 1. The van der Waals surface area contributed by atoms with Gasteiger partial charge in [0.05, 0.1) is 12.9 Å². The quantitative estimate of drug-likeness (QED) is 0.245. The molecule has 0 atom stereocenters. The van der Waals surface area contributed by atoms with Crippen molar-refractivity contribution in [2.75, 3.05) is 18.2 Å². The number of methoxy groups -OCH3 is 1. The molecule has 0 aliphatic heterocycles. The molecule has 8 nitrogen and oxygen atoms in total. The zero-order valence-electron chi connectivity index (χ0n) is 17.9. The largest absolute Gasteiger partial charge is 0.465 e. The second-order valence-electron chi connectivity index (χ2n) is 6.90. The molecule has 4 rings (SSSR count). The summed E-state index contributed by atoms with van der Waals surface area (Å²) in [6, 6.07) is 13.1. The molecule has 0 bridgehead atoms. The van der Waals surface area contributed by atoms with E-state index < -0.39 is 5.97 Å². The molecule has 0 aliphatic rings. The Hall–Kier alpha value is -2.89. The Morgan fingerprint density at radius 1 is 1.21 bits per heavy atom. The highest BCUT2D eigenvalue weighted by molar-refractivity contribution is 9.10. The number of thioether (sulfide) groups is 1. The van der Waals surface area contributed by atoms with E-state index in [4.69, 9.17) is 9.15 Å². The van der Waals surface area contributed by atoms with Crippen molar-refractivity contribution >= 4 is 55.9 Å². The molecule has 0 aliphatic carbocycles. The Labute approximate surface area is 206 Å². The summed E-state index contributed by atoms with van der Waals surface area (Å²) in [6.07, 6.45) is 0. The van der Waals surface area contributed by atoms with E-state index in [0.29, 0.717) is 32.0 Å². The van der Waals surface area contributed by atoms with Crippen LogP contribution in [0, 0.1) is 6.92 Å². The summed E-state index contributed by atoms with van der Waals surface area (Å²) >= 11 is 5.85. The molecule has 3 heterocycles. The molecule has 4 aromatic rings. The number of hydrogen-bond acceptors (Lipinski definition) is 8. The highest BCUT2D eigenvalue weighted by Gasteiger charge is 2.25. The summed E-state index contributed by atoms with van der Waals surface area (Å²) in [6.45, 7) is 1.91. The number of nitrogens with one attached hydrogen (secondary N) is 1. The molecule has 1 aromatic carbocycles. The van der Waals surface area contributed by atoms with Crippen molar-refractivity contribution in [3.05, 3.63) is 57.6 Å². The molecular formula is C22H19BrN4O4S2. The maximum atomic E-state index is 12.7. The van der Waals surface area contributed by atoms with E-state index in [9.17, 15) is 9.59 Å². The average Bonchev–Trinajstić information content (AvgIpc) is 3.49. The number of amides is 1. The van der Waals surface area contributed by atoms with Gasteiger partial charge in [-0.05, 0) is 40.5 Å². The number of benzene rings is 1. The van der Waals surface area contributed by atoms with Crippen molar-refractivity contribution in [3.63, 3.8) is 0 Å². The minimum Gasteiger partial charge on any atom is -0.465 e. The Morgan fingerprint density at radius 2 is 1.97 bits per heavy atom. The van der Waals surface area contributed by atoms with E-state index in [1.807, 2.05) is 37.3 Å². The first-order chi connectivity index (χ1) is 15.9. The summed E-state index contributed by atoms with van der Waals surface area (Å²) in [5.74, 6) is 0.447. The number of hydrogen-bond donors (Lipinski definition) is 1. The van der Waals surface area contributed by atoms with Gasteiger partial charge >= 0.3 is 5.97 Å². The number of aryl methyl sites for hydroxylation is 1. The number of carbonyl (C=O) groups is 2. The first kappa shape index (κ1) is 23.3. The van der Waals surface area contributed by atoms with Gasteiger partial charge in [0.2, 0.25) is 5.91 Å². The Balaban J connectivity index is 1.51. The number of esters is 1. The lowest BCUT2D eigenvalue weighted by Gasteiger charge is -2.08. The molecule has 0 fully saturated rings. The first-order valence-corrected chi connectivity index (χ1v) is 12.3. The van der Waals surface area contributed by atoms with E-state index in [-0.39, 0.29) is 11.7 Å². The lowest BCUT2D eigenvalue weighted by atomic mass is 10.0. The van der Waals surface area contributed by atoms with Crippen LogP contribution < -0.4 is 5.32 Å². The minimum atomic E-state index is -0.497. The first-order valence-electron chi connectivity index (χ1n) is 9.74. The van der Waals surface area contributed by atoms with Gasteiger partial charge in [-0.3, -0.25) is 4.79 Å². The third-order valence-electron chi connectivity index (χ3n) is 4.75. The Kier molecular flexibility index (Phi) is 7.01. The number of thiophene rings is 1. The zero-order chi connectivity index (χ0) is 23.5. The van der Waals surface area contributed by atoms with Crippen molar-refractivity contribution in [3.8, 4) is 22.7 Å². The van der Waals surface area contributed by atoms with Crippen LogP contribution in [0.4, 0.5) is 5.00 Å². The molecule has 0 radical (unpaired) electrons. The van der Waals surface area contributed by atoms with Crippen LogP contribution >= 0.6 is 39.0 Å². The van der Waals surface area contributed by atoms with Crippen LogP contribution in [0.3, 0.4) is 0 Å². The van der Waals surface area contributed by atoms with E-state index in [2.05, 4.69) is 31.4 Å². The molecule has 1 N–H and O–H groups in total. The molecule has 11 heteroatoms. The third-order valence-corrected chi connectivity index (χ3v) is 7.22. The van der Waals surface area contributed by atoms with Gasteiger partial charge in [0.25, 0.3) is 0 Å². The number of ether oxygens (including phenoxy) is 1. The Bertz CT molecular complexity index is 1310. The monoisotopic (exact) mass is 546 g/mol. The lowest BCUT2D eigenvalue weighted by Crippen LogP contribution is -2.16. The second-order valence-corrected chi connectivity index (χ2v) is 9.85. The van der Waals surface area contributed by atoms with Crippen molar-refractivity contribution in [2.24, 2.45) is 7.05 Å². The second kappa shape index (κ2) is 9.94. The smallest absolute Gasteiger partial charge is 0.341 e. The maximum absolute atomic E-state index is 12.7. The maximum Gasteiger partial charge on any atom is 0.341 e. The predicted octanol–water partition coefficient (Wildman–Crippen LogP) is 5.39. The van der Waals surface area contributed by atoms with Crippen LogP contribution in [0.5, 0.6) is 0 Å². The van der Waals surface area contributed by atoms with Gasteiger partial charge in [0.15, 0.2) is 21.4 Å². The van der Waals surface area contributed by atoms with Crippen molar-refractivity contribution in [2.45, 2.75) is 12.1 Å². The van der Waals surface area contributed by atoms with Crippen LogP contribution in [0.1, 0.15) is 15.2 Å². The van der Waals surface area contributed by atoms with Crippen LogP contribution in [-0.2, 0) is 16.6 Å². The standard InChI is InChI=1S/C22H19BrN4O4S2/c1-12-17(13-7-5-4-6-8-13)18(21(29)30-3)20(33-12)24-16(28)11-32-22-26-25-19(27(22)2)14-9-10-15(23)31-14/h4-10H,11H2,1-3H3,(H,24,28). The average molecular weight is 547 g/mol. The van der Waals surface area contributed by atoms with Gasteiger partial charge < -0.3 is 19.0 Å². The molecule has 170 valence electrons. The summed E-state index contributed by atoms with van der Waals surface area (Å²) < 4.78 is 12.9. The van der Waals surface area contributed by atoms with Gasteiger partial charge in [0.1, 0.15) is 10.6 Å². The van der Waals surface area contributed by atoms with Crippen LogP contribution in [0.25, 0.3) is 22.7 Å². The molecule has 0 spiro atoms. The van der Waals surface area contributed by atoms with E-state index >= 15 is 0 Å². The highest BCUT2D eigenvalue weighted by Crippen LogP contribution is 2.40. The fraction of sp³-hybridized carbons (Fsp3) is 0.182. The number of carbonyl (C=O) groups excluding carboxylic acids is 2. The number of halogens is 1. The summed E-state index contributed by atoms with van der Waals surface area (Å²) in [4.78, 5) is 26.2. The van der Waals surface area contributed by atoms with Gasteiger partial charge in [-0.1, -0.05) is 42.1 Å². The summed E-state index contributed by atoms with van der Waals surface area (Å²) in [7, 11) is 3.13. The molecular weight excluding hydrogens is 528 g/mol. The number of nitrogens with zero attached hydrogens (tertiary/aromatic N) is 3. The molecule has 0 unspecified atom stereocenters. The fourth-order valence-electron chi connectivity index (χ4n) is 3.26. The van der Waals surface area contributed by atoms with E-state index in [1.165, 1.54) is 30.2 Å². The molecule has 0 saturated heterocycles. The SMILES string of the molecule is COC(=O)c1c(NC(=O)CSc2nnc(-c3ccc(Br)o3)n2C)sc(C)c1-c1ccccc1. The van der Waals surface area contributed by atoms with Gasteiger partial charge in [0, 0.05) is 17.5 Å². The molecule has 0 saturated carbocycles.